The third-order valence-electron chi connectivity index (χ3n) is 6.23. The summed E-state index contributed by atoms with van der Waals surface area (Å²) in [5.74, 6) is 1.73. The Balaban J connectivity index is 1.63. The molecule has 4 rings (SSSR count). The number of hydrogen-bond acceptors (Lipinski definition) is 6. The maximum Gasteiger partial charge on any atom is 0.339 e. The lowest BCUT2D eigenvalue weighted by atomic mass is 9.98. The van der Waals surface area contributed by atoms with Crippen molar-refractivity contribution in [1.82, 2.24) is 0 Å². The third kappa shape index (κ3) is 3.95. The zero-order valence-electron chi connectivity index (χ0n) is 19.7. The fourth-order valence-electron chi connectivity index (χ4n) is 4.13. The van der Waals surface area contributed by atoms with Gasteiger partial charge < -0.3 is 23.6 Å². The van der Waals surface area contributed by atoms with Crippen LogP contribution in [0, 0.1) is 27.7 Å². The lowest BCUT2D eigenvalue weighted by Gasteiger charge is -2.12. The summed E-state index contributed by atoms with van der Waals surface area (Å²) < 4.78 is 22.1. The van der Waals surface area contributed by atoms with Crippen LogP contribution in [-0.2, 0) is 11.2 Å². The van der Waals surface area contributed by atoms with Crippen LogP contribution in [0.5, 0.6) is 11.5 Å². The third-order valence-corrected chi connectivity index (χ3v) is 6.23. The first kappa shape index (κ1) is 22.5. The van der Waals surface area contributed by atoms with Gasteiger partial charge in [-0.25, -0.2) is 4.79 Å². The van der Waals surface area contributed by atoms with E-state index in [9.17, 15) is 9.59 Å². The van der Waals surface area contributed by atoms with Crippen LogP contribution in [0.25, 0.3) is 21.9 Å². The maximum absolute atomic E-state index is 12.8. The number of carbonyl (C=O) groups excluding carboxylic acids is 1. The van der Waals surface area contributed by atoms with Crippen molar-refractivity contribution in [1.29, 1.82) is 0 Å². The Kier molecular flexibility index (Phi) is 5.89. The first-order valence-electron chi connectivity index (χ1n) is 10.7. The minimum absolute atomic E-state index is 0.122. The topological polar surface area (TPSA) is 90.9 Å². The number of fused-ring (bicyclic) bond motifs is 2. The lowest BCUT2D eigenvalue weighted by molar-refractivity contribution is -0.116. The number of amides is 1. The van der Waals surface area contributed by atoms with Crippen LogP contribution in [0.15, 0.2) is 37.9 Å². The Hall–Kier alpha value is -3.74. The molecular formula is C26H27NO6. The molecule has 7 nitrogen and oxygen atoms in total. The molecule has 0 aliphatic rings. The summed E-state index contributed by atoms with van der Waals surface area (Å²) in [5.41, 5.74) is 4.54. The fraction of sp³-hybridized carbons (Fsp3) is 0.308. The van der Waals surface area contributed by atoms with Gasteiger partial charge in [-0.1, -0.05) is 0 Å². The molecule has 1 N–H and O–H groups in total. The van der Waals surface area contributed by atoms with Crippen molar-refractivity contribution >= 4 is 33.5 Å². The summed E-state index contributed by atoms with van der Waals surface area (Å²) in [6, 6.07) is 7.16. The summed E-state index contributed by atoms with van der Waals surface area (Å²) in [7, 11) is 3.09. The van der Waals surface area contributed by atoms with Crippen molar-refractivity contribution in [2.45, 2.75) is 40.5 Å². The predicted molar refractivity (Wildman–Crippen MR) is 128 cm³/mol. The van der Waals surface area contributed by atoms with Gasteiger partial charge in [0.1, 0.15) is 28.4 Å². The van der Waals surface area contributed by atoms with Crippen molar-refractivity contribution < 1.29 is 23.1 Å². The van der Waals surface area contributed by atoms with Gasteiger partial charge in [0.2, 0.25) is 5.91 Å². The van der Waals surface area contributed by atoms with Crippen LogP contribution in [0.4, 0.5) is 5.69 Å². The second kappa shape index (κ2) is 8.65. The van der Waals surface area contributed by atoms with Crippen LogP contribution < -0.4 is 20.4 Å². The predicted octanol–water partition coefficient (Wildman–Crippen LogP) is 5.36. The van der Waals surface area contributed by atoms with E-state index in [1.807, 2.05) is 33.8 Å². The molecule has 0 bridgehead atoms. The van der Waals surface area contributed by atoms with E-state index in [1.54, 1.807) is 25.3 Å². The minimum Gasteiger partial charge on any atom is -0.497 e. The van der Waals surface area contributed by atoms with Crippen molar-refractivity contribution in [3.63, 3.8) is 0 Å². The van der Waals surface area contributed by atoms with Crippen LogP contribution in [0.3, 0.4) is 0 Å². The monoisotopic (exact) mass is 449 g/mol. The molecular weight excluding hydrogens is 422 g/mol. The summed E-state index contributed by atoms with van der Waals surface area (Å²) in [6.45, 7) is 7.72. The van der Waals surface area contributed by atoms with Crippen molar-refractivity contribution in [3.8, 4) is 11.5 Å². The molecule has 7 heteroatoms. The summed E-state index contributed by atoms with van der Waals surface area (Å²) >= 11 is 0. The standard InChI is InChI=1S/C26H27NO6/c1-13-16(4)32-24-15(3)25-20(12-19(13)24)14(2)18(26(29)33-25)8-10-23(28)27-21-9-7-17(30-5)11-22(21)31-6/h7,9,11-12H,8,10H2,1-6H3,(H,27,28). The van der Waals surface area contributed by atoms with Gasteiger partial charge in [0.25, 0.3) is 0 Å². The highest BCUT2D eigenvalue weighted by atomic mass is 16.5. The van der Waals surface area contributed by atoms with Crippen LogP contribution >= 0.6 is 0 Å². The van der Waals surface area contributed by atoms with E-state index in [4.69, 9.17) is 18.3 Å². The molecule has 0 unspecified atom stereocenters. The van der Waals surface area contributed by atoms with Gasteiger partial charge in [0.05, 0.1) is 19.9 Å². The van der Waals surface area contributed by atoms with E-state index in [0.29, 0.717) is 28.3 Å². The van der Waals surface area contributed by atoms with Crippen LogP contribution in [0.1, 0.15) is 34.4 Å². The van der Waals surface area contributed by atoms with E-state index in [0.717, 1.165) is 38.8 Å². The van der Waals surface area contributed by atoms with Gasteiger partial charge in [0, 0.05) is 34.4 Å². The number of anilines is 1. The van der Waals surface area contributed by atoms with Gasteiger partial charge in [-0.3, -0.25) is 4.79 Å². The molecule has 4 aromatic rings. The van der Waals surface area contributed by atoms with E-state index >= 15 is 0 Å². The quantitative estimate of drug-likeness (QED) is 0.399. The Morgan fingerprint density at radius 3 is 2.30 bits per heavy atom. The number of aryl methyl sites for hydroxylation is 4. The highest BCUT2D eigenvalue weighted by Crippen LogP contribution is 2.34. The number of hydrogen-bond donors (Lipinski definition) is 1. The molecule has 0 spiro atoms. The molecule has 1 amide bonds. The average molecular weight is 450 g/mol. The molecule has 172 valence electrons. The molecule has 0 radical (unpaired) electrons. The number of benzene rings is 2. The molecule has 33 heavy (non-hydrogen) atoms. The van der Waals surface area contributed by atoms with E-state index in [-0.39, 0.29) is 18.7 Å². The number of rotatable bonds is 6. The van der Waals surface area contributed by atoms with E-state index in [1.165, 1.54) is 7.11 Å². The molecule has 0 atom stereocenters. The summed E-state index contributed by atoms with van der Waals surface area (Å²) in [5, 5.41) is 4.70. The normalized spacial score (nSPS) is 11.2. The summed E-state index contributed by atoms with van der Waals surface area (Å²) in [6.07, 6.45) is 0.381. The molecule has 2 aromatic carbocycles. The Bertz CT molecular complexity index is 1440. The second-order valence-corrected chi connectivity index (χ2v) is 8.15. The van der Waals surface area contributed by atoms with Gasteiger partial charge in [-0.2, -0.15) is 0 Å². The second-order valence-electron chi connectivity index (χ2n) is 8.15. The number of furan rings is 1. The number of methoxy groups -OCH3 is 2. The Morgan fingerprint density at radius 2 is 1.61 bits per heavy atom. The highest BCUT2D eigenvalue weighted by Gasteiger charge is 2.19. The molecule has 0 aliphatic heterocycles. The number of carbonyl (C=O) groups is 1. The maximum atomic E-state index is 12.8. The van der Waals surface area contributed by atoms with Crippen molar-refractivity contribution in [2.75, 3.05) is 19.5 Å². The van der Waals surface area contributed by atoms with Crippen LogP contribution in [0.2, 0.25) is 0 Å². The summed E-state index contributed by atoms with van der Waals surface area (Å²) in [4.78, 5) is 25.4. The van der Waals surface area contributed by atoms with Crippen molar-refractivity contribution in [2.24, 2.45) is 0 Å². The molecule has 2 aromatic heterocycles. The van der Waals surface area contributed by atoms with Gasteiger partial charge in [0.15, 0.2) is 0 Å². The Morgan fingerprint density at radius 1 is 0.909 bits per heavy atom. The molecule has 0 saturated carbocycles. The van der Waals surface area contributed by atoms with Crippen LogP contribution in [-0.4, -0.2) is 20.1 Å². The number of nitrogens with one attached hydrogen (secondary N) is 1. The van der Waals surface area contributed by atoms with Crippen molar-refractivity contribution in [3.05, 3.63) is 62.7 Å². The van der Waals surface area contributed by atoms with Gasteiger partial charge >= 0.3 is 5.63 Å². The fourth-order valence-corrected chi connectivity index (χ4v) is 4.13. The first-order valence-corrected chi connectivity index (χ1v) is 10.7. The SMILES string of the molecule is COc1ccc(NC(=O)CCc2c(C)c3cc4c(C)c(C)oc4c(C)c3oc2=O)c(OC)c1. The average Bonchev–Trinajstić information content (AvgIpc) is 3.09. The van der Waals surface area contributed by atoms with E-state index in [2.05, 4.69) is 5.32 Å². The zero-order chi connectivity index (χ0) is 23.9. The molecule has 2 heterocycles. The Labute approximate surface area is 191 Å². The minimum atomic E-state index is -0.433. The lowest BCUT2D eigenvalue weighted by Crippen LogP contribution is -2.17. The smallest absolute Gasteiger partial charge is 0.339 e. The first-order chi connectivity index (χ1) is 15.7. The van der Waals surface area contributed by atoms with Gasteiger partial charge in [-0.15, -0.1) is 0 Å². The largest absolute Gasteiger partial charge is 0.497 e. The number of ether oxygens (including phenoxy) is 2. The van der Waals surface area contributed by atoms with Gasteiger partial charge in [-0.05, 0) is 63.4 Å². The molecule has 0 aliphatic carbocycles. The van der Waals surface area contributed by atoms with E-state index < -0.39 is 5.63 Å². The zero-order valence-corrected chi connectivity index (χ0v) is 19.7. The highest BCUT2D eigenvalue weighted by molar-refractivity contribution is 6.00. The molecule has 0 fully saturated rings. The molecule has 0 saturated heterocycles.